The number of rotatable bonds is 7. The highest BCUT2D eigenvalue weighted by molar-refractivity contribution is 5.94. The summed E-state index contributed by atoms with van der Waals surface area (Å²) in [5.74, 6) is -1.82. The first-order valence-electron chi connectivity index (χ1n) is 5.15. The molecule has 0 fully saturated rings. The predicted molar refractivity (Wildman–Crippen MR) is 55.3 cm³/mol. The van der Waals surface area contributed by atoms with Crippen LogP contribution in [0.4, 0.5) is 0 Å². The molecule has 0 atom stereocenters. The molecule has 0 bridgehead atoms. The van der Waals surface area contributed by atoms with Gasteiger partial charge in [-0.25, -0.2) is 0 Å². The Labute approximate surface area is 90.1 Å². The molecule has 0 amide bonds. The average Bonchev–Trinajstić information content (AvgIpc) is 2.19. The molecule has 0 rings (SSSR count). The lowest BCUT2D eigenvalue weighted by atomic mass is 10.1. The zero-order chi connectivity index (χ0) is 11.7. The smallest absolute Gasteiger partial charge is 0.320 e. The molecule has 0 aromatic heterocycles. The van der Waals surface area contributed by atoms with Crippen molar-refractivity contribution in [3.8, 4) is 0 Å². The van der Waals surface area contributed by atoms with Crippen molar-refractivity contribution in [2.45, 2.75) is 20.3 Å². The number of hydrogen-bond acceptors (Lipinski definition) is 5. The molecular formula is C10H19NO4. The van der Waals surface area contributed by atoms with Crippen LogP contribution in [-0.2, 0) is 19.1 Å². The SMILES string of the molecule is CCOC(=O)C(CCNC)C(=O)OCC. The topological polar surface area (TPSA) is 64.6 Å². The number of ether oxygens (including phenoxy) is 2. The van der Waals surface area contributed by atoms with Crippen molar-refractivity contribution in [3.63, 3.8) is 0 Å². The number of carbonyl (C=O) groups is 2. The van der Waals surface area contributed by atoms with Crippen molar-refractivity contribution in [1.82, 2.24) is 5.32 Å². The van der Waals surface area contributed by atoms with Crippen LogP contribution in [0, 0.1) is 5.92 Å². The summed E-state index contributed by atoms with van der Waals surface area (Å²) >= 11 is 0. The standard InChI is InChI=1S/C10H19NO4/c1-4-14-9(12)8(6-7-11-3)10(13)15-5-2/h8,11H,4-7H2,1-3H3. The zero-order valence-electron chi connectivity index (χ0n) is 9.54. The molecule has 15 heavy (non-hydrogen) atoms. The minimum atomic E-state index is -0.808. The highest BCUT2D eigenvalue weighted by Crippen LogP contribution is 2.08. The lowest BCUT2D eigenvalue weighted by Gasteiger charge is -2.13. The molecule has 0 aromatic carbocycles. The van der Waals surface area contributed by atoms with Crippen LogP contribution >= 0.6 is 0 Å². The van der Waals surface area contributed by atoms with E-state index in [1.807, 2.05) is 0 Å². The van der Waals surface area contributed by atoms with E-state index >= 15 is 0 Å². The first-order valence-corrected chi connectivity index (χ1v) is 5.15. The Balaban J connectivity index is 4.28. The van der Waals surface area contributed by atoms with Crippen molar-refractivity contribution in [3.05, 3.63) is 0 Å². The van der Waals surface area contributed by atoms with Gasteiger partial charge in [-0.1, -0.05) is 0 Å². The summed E-state index contributed by atoms with van der Waals surface area (Å²) in [6.07, 6.45) is 0.397. The molecule has 5 heteroatoms. The summed E-state index contributed by atoms with van der Waals surface area (Å²) < 4.78 is 9.60. The van der Waals surface area contributed by atoms with Gasteiger partial charge in [0.15, 0.2) is 5.92 Å². The van der Waals surface area contributed by atoms with E-state index in [0.29, 0.717) is 13.0 Å². The summed E-state index contributed by atoms with van der Waals surface area (Å²) in [7, 11) is 1.76. The fourth-order valence-corrected chi connectivity index (χ4v) is 1.11. The third kappa shape index (κ3) is 5.37. The molecule has 0 heterocycles. The van der Waals surface area contributed by atoms with Crippen LogP contribution in [0.5, 0.6) is 0 Å². The average molecular weight is 217 g/mol. The summed E-state index contributed by atoms with van der Waals surface area (Å²) in [6, 6.07) is 0. The van der Waals surface area contributed by atoms with Crippen LogP contribution < -0.4 is 5.32 Å². The lowest BCUT2D eigenvalue weighted by Crippen LogP contribution is -2.30. The minimum absolute atomic E-state index is 0.272. The molecule has 0 aromatic rings. The van der Waals surface area contributed by atoms with Gasteiger partial charge in [-0.05, 0) is 33.9 Å². The van der Waals surface area contributed by atoms with Crippen molar-refractivity contribution in [2.75, 3.05) is 26.8 Å². The molecule has 0 saturated carbocycles. The first-order chi connectivity index (χ1) is 7.17. The Morgan fingerprint density at radius 1 is 1.13 bits per heavy atom. The molecule has 0 spiro atoms. The summed E-state index contributed by atoms with van der Waals surface area (Å²) in [5.41, 5.74) is 0. The Morgan fingerprint density at radius 3 is 1.93 bits per heavy atom. The van der Waals surface area contributed by atoms with Crippen molar-refractivity contribution in [2.24, 2.45) is 5.92 Å². The van der Waals surface area contributed by atoms with E-state index in [0.717, 1.165) is 0 Å². The largest absolute Gasteiger partial charge is 0.465 e. The van der Waals surface area contributed by atoms with Gasteiger partial charge in [-0.15, -0.1) is 0 Å². The molecule has 0 saturated heterocycles. The van der Waals surface area contributed by atoms with E-state index in [-0.39, 0.29) is 13.2 Å². The fourth-order valence-electron chi connectivity index (χ4n) is 1.11. The maximum absolute atomic E-state index is 11.4. The highest BCUT2D eigenvalue weighted by atomic mass is 16.6. The van der Waals surface area contributed by atoms with E-state index in [1.54, 1.807) is 20.9 Å². The molecular weight excluding hydrogens is 198 g/mol. The van der Waals surface area contributed by atoms with Gasteiger partial charge in [0, 0.05) is 0 Å². The second kappa shape index (κ2) is 8.23. The van der Waals surface area contributed by atoms with Gasteiger partial charge < -0.3 is 14.8 Å². The van der Waals surface area contributed by atoms with Gasteiger partial charge in [-0.2, -0.15) is 0 Å². The summed E-state index contributed by atoms with van der Waals surface area (Å²) in [4.78, 5) is 22.8. The predicted octanol–water partition coefficient (Wildman–Crippen LogP) is 0.338. The molecule has 0 unspecified atom stereocenters. The maximum Gasteiger partial charge on any atom is 0.320 e. The zero-order valence-corrected chi connectivity index (χ0v) is 9.54. The van der Waals surface area contributed by atoms with E-state index in [2.05, 4.69) is 5.32 Å². The van der Waals surface area contributed by atoms with Gasteiger partial charge in [-0.3, -0.25) is 9.59 Å². The molecule has 0 radical (unpaired) electrons. The monoisotopic (exact) mass is 217 g/mol. The molecule has 5 nitrogen and oxygen atoms in total. The van der Waals surface area contributed by atoms with E-state index in [1.165, 1.54) is 0 Å². The van der Waals surface area contributed by atoms with Crippen LogP contribution in [0.3, 0.4) is 0 Å². The van der Waals surface area contributed by atoms with Crippen LogP contribution in [0.25, 0.3) is 0 Å². The highest BCUT2D eigenvalue weighted by Gasteiger charge is 2.28. The quantitative estimate of drug-likeness (QED) is 0.492. The Hall–Kier alpha value is -1.10. The van der Waals surface area contributed by atoms with Crippen molar-refractivity contribution < 1.29 is 19.1 Å². The third-order valence-electron chi connectivity index (χ3n) is 1.83. The Bertz CT molecular complexity index is 188. The first kappa shape index (κ1) is 13.9. The maximum atomic E-state index is 11.4. The number of esters is 2. The van der Waals surface area contributed by atoms with Crippen LogP contribution in [0.15, 0.2) is 0 Å². The summed E-state index contributed by atoms with van der Waals surface area (Å²) in [6.45, 7) is 4.53. The van der Waals surface area contributed by atoms with E-state index in [4.69, 9.17) is 9.47 Å². The molecule has 88 valence electrons. The number of hydrogen-bond donors (Lipinski definition) is 1. The van der Waals surface area contributed by atoms with Gasteiger partial charge in [0.1, 0.15) is 0 Å². The molecule has 0 aliphatic heterocycles. The van der Waals surface area contributed by atoms with E-state index in [9.17, 15) is 9.59 Å². The molecule has 0 aliphatic rings. The normalized spacial score (nSPS) is 10.1. The van der Waals surface area contributed by atoms with Crippen molar-refractivity contribution >= 4 is 11.9 Å². The van der Waals surface area contributed by atoms with Gasteiger partial charge in [0.25, 0.3) is 0 Å². The van der Waals surface area contributed by atoms with Crippen molar-refractivity contribution in [1.29, 1.82) is 0 Å². The number of carbonyl (C=O) groups excluding carboxylic acids is 2. The lowest BCUT2D eigenvalue weighted by molar-refractivity contribution is -0.161. The van der Waals surface area contributed by atoms with Crippen LogP contribution in [-0.4, -0.2) is 38.7 Å². The summed E-state index contributed by atoms with van der Waals surface area (Å²) in [5, 5.41) is 2.88. The molecule has 0 aliphatic carbocycles. The van der Waals surface area contributed by atoms with Gasteiger partial charge in [0.2, 0.25) is 0 Å². The second-order valence-corrected chi connectivity index (χ2v) is 2.95. The molecule has 1 N–H and O–H groups in total. The van der Waals surface area contributed by atoms with Crippen LogP contribution in [0.2, 0.25) is 0 Å². The fraction of sp³-hybridized carbons (Fsp3) is 0.800. The van der Waals surface area contributed by atoms with Crippen LogP contribution in [0.1, 0.15) is 20.3 Å². The third-order valence-corrected chi connectivity index (χ3v) is 1.83. The Morgan fingerprint density at radius 2 is 1.60 bits per heavy atom. The van der Waals surface area contributed by atoms with E-state index < -0.39 is 17.9 Å². The minimum Gasteiger partial charge on any atom is -0.465 e. The number of nitrogens with one attached hydrogen (secondary N) is 1. The van der Waals surface area contributed by atoms with Gasteiger partial charge in [0.05, 0.1) is 13.2 Å². The van der Waals surface area contributed by atoms with Gasteiger partial charge >= 0.3 is 11.9 Å². The second-order valence-electron chi connectivity index (χ2n) is 2.95. The Kier molecular flexibility index (Phi) is 7.62.